The van der Waals surface area contributed by atoms with Crippen LogP contribution < -0.4 is 5.82 Å². The van der Waals surface area contributed by atoms with Gasteiger partial charge in [0.1, 0.15) is 0 Å². The molecule has 0 fully saturated rings. The largest absolute Gasteiger partial charge is 0.519 e. The molecule has 2 aromatic rings. The van der Waals surface area contributed by atoms with Gasteiger partial charge in [-0.3, -0.25) is 4.79 Å². The second kappa shape index (κ2) is 9.56. The molecule has 6 heteroatoms. The van der Waals surface area contributed by atoms with Crippen LogP contribution in [-0.2, 0) is 33.4 Å². The maximum Gasteiger partial charge on any atom is 0.519 e. The summed E-state index contributed by atoms with van der Waals surface area (Å²) in [7, 11) is 6.25. The Bertz CT molecular complexity index is 1000. The number of ether oxygens (including phenoxy) is 1. The second-order valence-electron chi connectivity index (χ2n) is 12.1. The zero-order chi connectivity index (χ0) is 25.2. The molecule has 0 atom stereocenters. The lowest BCUT2D eigenvalue weighted by molar-refractivity contribution is -0.142. The van der Waals surface area contributed by atoms with Crippen molar-refractivity contribution in [2.75, 3.05) is 0 Å². The van der Waals surface area contributed by atoms with Gasteiger partial charge >= 0.3 is 11.8 Å². The Morgan fingerprint density at radius 3 is 2.00 bits per heavy atom. The molecule has 1 aromatic heterocycles. The van der Waals surface area contributed by atoms with Crippen LogP contribution in [0.3, 0.4) is 0 Å². The van der Waals surface area contributed by atoms with E-state index in [1.54, 1.807) is 0 Å². The fraction of sp³-hybridized carbons (Fsp3) is 0.630. The first-order valence-corrected chi connectivity index (χ1v) is 11.6. The third kappa shape index (κ3) is 7.94. The van der Waals surface area contributed by atoms with Gasteiger partial charge in [-0.15, -0.1) is 0 Å². The third-order valence-electron chi connectivity index (χ3n) is 5.90. The van der Waals surface area contributed by atoms with Crippen LogP contribution in [-0.4, -0.2) is 13.8 Å². The fourth-order valence-electron chi connectivity index (χ4n) is 5.30. The monoisotopic (exact) mass is 454 g/mol. The highest BCUT2D eigenvalue weighted by atomic mass is 16.6. The first-order valence-electron chi connectivity index (χ1n) is 11.6. The standard InChI is InChI=1S/C27H39BO5/c1-18(29)31-15-21-22(33-23(30)32-21)26(6,7)17-25(4,5)20-12-10-19(11-13-20)14-24(2,3)16-27(8,9)28/h10-13H,14-17H2,1-9H3. The molecule has 0 aliphatic rings. The van der Waals surface area contributed by atoms with Crippen LogP contribution in [0.4, 0.5) is 0 Å². The van der Waals surface area contributed by atoms with Crippen molar-refractivity contribution >= 4 is 13.8 Å². The van der Waals surface area contributed by atoms with Crippen LogP contribution in [0.1, 0.15) is 97.8 Å². The summed E-state index contributed by atoms with van der Waals surface area (Å²) in [5, 5.41) is -0.201. The van der Waals surface area contributed by atoms with Crippen molar-refractivity contribution in [3.63, 3.8) is 0 Å². The van der Waals surface area contributed by atoms with Crippen molar-refractivity contribution in [2.24, 2.45) is 5.41 Å². The molecular formula is C27H39BO5. The van der Waals surface area contributed by atoms with E-state index >= 15 is 0 Å². The molecule has 0 aliphatic heterocycles. The zero-order valence-electron chi connectivity index (χ0n) is 21.8. The first-order chi connectivity index (χ1) is 14.9. The lowest BCUT2D eigenvalue weighted by Gasteiger charge is -2.35. The van der Waals surface area contributed by atoms with E-state index in [1.165, 1.54) is 18.1 Å². The Balaban J connectivity index is 2.20. The molecule has 0 saturated heterocycles. The molecule has 0 spiro atoms. The van der Waals surface area contributed by atoms with Crippen molar-refractivity contribution in [1.82, 2.24) is 0 Å². The Kier molecular flexibility index (Phi) is 7.82. The summed E-state index contributed by atoms with van der Waals surface area (Å²) in [6.07, 6.45) is 2.59. The highest BCUT2D eigenvalue weighted by molar-refractivity contribution is 6.14. The normalized spacial score (nSPS) is 13.2. The first kappa shape index (κ1) is 27.0. The number of benzene rings is 1. The summed E-state index contributed by atoms with van der Waals surface area (Å²) in [5.74, 6) is -0.548. The number of esters is 1. The molecule has 0 aliphatic carbocycles. The zero-order valence-corrected chi connectivity index (χ0v) is 21.8. The SMILES string of the molecule is [B]C(C)(C)CC(C)(C)Cc1ccc(C(C)(C)CC(C)(C)c2oc(=O)oc2COC(C)=O)cc1. The van der Waals surface area contributed by atoms with Crippen molar-refractivity contribution < 1.29 is 18.4 Å². The average Bonchev–Trinajstić information content (AvgIpc) is 2.99. The molecule has 2 rings (SSSR count). The second-order valence-corrected chi connectivity index (χ2v) is 12.1. The van der Waals surface area contributed by atoms with Gasteiger partial charge in [-0.2, -0.15) is 0 Å². The highest BCUT2D eigenvalue weighted by Crippen LogP contribution is 2.41. The molecule has 2 radical (unpaired) electrons. The molecule has 1 heterocycles. The maximum absolute atomic E-state index is 11.8. The smallest absolute Gasteiger partial charge is 0.458 e. The minimum absolute atomic E-state index is 0.106. The fourth-order valence-corrected chi connectivity index (χ4v) is 5.30. The van der Waals surface area contributed by atoms with E-state index in [4.69, 9.17) is 21.4 Å². The molecule has 0 amide bonds. The summed E-state index contributed by atoms with van der Waals surface area (Å²) in [4.78, 5) is 23.0. The van der Waals surface area contributed by atoms with Gasteiger partial charge < -0.3 is 13.6 Å². The summed E-state index contributed by atoms with van der Waals surface area (Å²) in [6.45, 7) is 18.2. The predicted octanol–water partition coefficient (Wildman–Crippen LogP) is 6.27. The van der Waals surface area contributed by atoms with E-state index in [9.17, 15) is 9.59 Å². The summed E-state index contributed by atoms with van der Waals surface area (Å²) in [5.41, 5.74) is 1.87. The Labute approximate surface area is 199 Å². The van der Waals surface area contributed by atoms with Crippen LogP contribution in [0.2, 0.25) is 5.31 Å². The van der Waals surface area contributed by atoms with Crippen LogP contribution in [0, 0.1) is 5.41 Å². The van der Waals surface area contributed by atoms with E-state index in [-0.39, 0.29) is 28.5 Å². The number of hydrogen-bond donors (Lipinski definition) is 0. The molecule has 0 unspecified atom stereocenters. The van der Waals surface area contributed by atoms with E-state index in [0.717, 1.165) is 12.8 Å². The van der Waals surface area contributed by atoms with Gasteiger partial charge in [0, 0.05) is 12.3 Å². The Hall–Kier alpha value is -2.24. The maximum atomic E-state index is 11.8. The lowest BCUT2D eigenvalue weighted by Crippen LogP contribution is -2.30. The summed E-state index contributed by atoms with van der Waals surface area (Å²) < 4.78 is 15.6. The molecule has 1 aromatic carbocycles. The summed E-state index contributed by atoms with van der Waals surface area (Å²) in [6, 6.07) is 8.75. The molecule has 0 bridgehead atoms. The van der Waals surface area contributed by atoms with Gasteiger partial charge in [-0.1, -0.05) is 91.4 Å². The van der Waals surface area contributed by atoms with E-state index in [2.05, 4.69) is 65.8 Å². The van der Waals surface area contributed by atoms with Gasteiger partial charge in [-0.05, 0) is 34.8 Å². The Morgan fingerprint density at radius 2 is 1.48 bits per heavy atom. The average molecular weight is 454 g/mol. The van der Waals surface area contributed by atoms with Crippen molar-refractivity contribution in [1.29, 1.82) is 0 Å². The minimum Gasteiger partial charge on any atom is -0.458 e. The quantitative estimate of drug-likeness (QED) is 0.313. The van der Waals surface area contributed by atoms with Gasteiger partial charge in [0.15, 0.2) is 18.1 Å². The molecule has 0 saturated carbocycles. The van der Waals surface area contributed by atoms with Gasteiger partial charge in [0.2, 0.25) is 0 Å². The van der Waals surface area contributed by atoms with Gasteiger partial charge in [-0.25, -0.2) is 4.79 Å². The van der Waals surface area contributed by atoms with E-state index in [1.807, 2.05) is 13.8 Å². The molecular weight excluding hydrogens is 415 g/mol. The van der Waals surface area contributed by atoms with Crippen LogP contribution >= 0.6 is 0 Å². The minimum atomic E-state index is -0.786. The van der Waals surface area contributed by atoms with Gasteiger partial charge in [0.25, 0.3) is 0 Å². The lowest BCUT2D eigenvalue weighted by atomic mass is 9.62. The molecule has 0 N–H and O–H groups in total. The van der Waals surface area contributed by atoms with Crippen LogP contribution in [0.25, 0.3) is 0 Å². The van der Waals surface area contributed by atoms with E-state index in [0.29, 0.717) is 12.2 Å². The Morgan fingerprint density at radius 1 is 0.909 bits per heavy atom. The third-order valence-corrected chi connectivity index (χ3v) is 5.90. The molecule has 180 valence electrons. The van der Waals surface area contributed by atoms with Crippen molar-refractivity contribution in [2.45, 2.75) is 104 Å². The topological polar surface area (TPSA) is 69.7 Å². The molecule has 5 nitrogen and oxygen atoms in total. The van der Waals surface area contributed by atoms with Crippen molar-refractivity contribution in [3.05, 3.63) is 57.5 Å². The number of carbonyl (C=O) groups excluding carboxylic acids is 1. The number of hydrogen-bond acceptors (Lipinski definition) is 5. The predicted molar refractivity (Wildman–Crippen MR) is 132 cm³/mol. The van der Waals surface area contributed by atoms with Crippen LogP contribution in [0.15, 0.2) is 37.9 Å². The van der Waals surface area contributed by atoms with Gasteiger partial charge in [0.05, 0.1) is 7.85 Å². The summed E-state index contributed by atoms with van der Waals surface area (Å²) >= 11 is 0. The van der Waals surface area contributed by atoms with E-state index < -0.39 is 17.2 Å². The highest BCUT2D eigenvalue weighted by Gasteiger charge is 2.37. The molecule has 33 heavy (non-hydrogen) atoms. The van der Waals surface area contributed by atoms with Crippen LogP contribution in [0.5, 0.6) is 0 Å². The number of rotatable bonds is 10. The number of carbonyl (C=O) groups is 1. The van der Waals surface area contributed by atoms with Crippen molar-refractivity contribution in [3.8, 4) is 0 Å².